The van der Waals surface area contributed by atoms with Crippen LogP contribution in [0.1, 0.15) is 17.4 Å². The van der Waals surface area contributed by atoms with Gasteiger partial charge in [-0.3, -0.25) is 0 Å². The maximum atomic E-state index is 6.03. The van der Waals surface area contributed by atoms with Crippen molar-refractivity contribution < 1.29 is 0 Å². The van der Waals surface area contributed by atoms with Gasteiger partial charge in [0, 0.05) is 6.20 Å². The molecule has 1 atom stereocenters. The van der Waals surface area contributed by atoms with E-state index in [9.17, 15) is 0 Å². The standard InChI is InChI=1S/C11H12BrN3/c12-10-7-14-11(15-10)9(13)6-8-4-2-1-3-5-8/h1-5,7,9H,6,13H2,(H,14,15). The van der Waals surface area contributed by atoms with Gasteiger partial charge in [0.1, 0.15) is 10.4 Å². The van der Waals surface area contributed by atoms with Crippen LogP contribution in [0.5, 0.6) is 0 Å². The molecule has 1 unspecified atom stereocenters. The fourth-order valence-electron chi connectivity index (χ4n) is 1.47. The number of aromatic amines is 1. The van der Waals surface area contributed by atoms with Gasteiger partial charge < -0.3 is 10.7 Å². The zero-order valence-corrected chi connectivity index (χ0v) is 9.74. The molecule has 15 heavy (non-hydrogen) atoms. The lowest BCUT2D eigenvalue weighted by molar-refractivity contribution is 0.677. The zero-order chi connectivity index (χ0) is 10.7. The van der Waals surface area contributed by atoms with Crippen molar-refractivity contribution in [1.82, 2.24) is 9.97 Å². The van der Waals surface area contributed by atoms with E-state index < -0.39 is 0 Å². The van der Waals surface area contributed by atoms with Gasteiger partial charge in [-0.2, -0.15) is 0 Å². The number of H-pyrrole nitrogens is 1. The molecular weight excluding hydrogens is 254 g/mol. The first-order valence-corrected chi connectivity index (χ1v) is 5.55. The Morgan fingerprint density at radius 2 is 2.07 bits per heavy atom. The average Bonchev–Trinajstić information content (AvgIpc) is 2.66. The van der Waals surface area contributed by atoms with E-state index in [4.69, 9.17) is 5.73 Å². The first-order chi connectivity index (χ1) is 7.25. The molecule has 0 saturated heterocycles. The molecule has 78 valence electrons. The molecule has 4 heteroatoms. The van der Waals surface area contributed by atoms with Crippen molar-refractivity contribution in [3.05, 3.63) is 52.5 Å². The summed E-state index contributed by atoms with van der Waals surface area (Å²) in [7, 11) is 0. The lowest BCUT2D eigenvalue weighted by atomic mass is 10.1. The highest BCUT2D eigenvalue weighted by Gasteiger charge is 2.10. The molecule has 1 heterocycles. The summed E-state index contributed by atoms with van der Waals surface area (Å²) < 4.78 is 0.793. The molecule has 1 aromatic carbocycles. The number of nitrogens with two attached hydrogens (primary N) is 1. The maximum Gasteiger partial charge on any atom is 0.124 e. The summed E-state index contributed by atoms with van der Waals surface area (Å²) in [5.41, 5.74) is 7.25. The molecular formula is C11H12BrN3. The lowest BCUT2D eigenvalue weighted by Gasteiger charge is -2.08. The predicted molar refractivity (Wildman–Crippen MR) is 63.4 cm³/mol. The Morgan fingerprint density at radius 1 is 1.33 bits per heavy atom. The van der Waals surface area contributed by atoms with Crippen LogP contribution in [0.3, 0.4) is 0 Å². The summed E-state index contributed by atoms with van der Waals surface area (Å²) in [6.45, 7) is 0. The third-order valence-corrected chi connectivity index (χ3v) is 2.62. The van der Waals surface area contributed by atoms with E-state index in [-0.39, 0.29) is 6.04 Å². The average molecular weight is 266 g/mol. The molecule has 0 aliphatic heterocycles. The summed E-state index contributed by atoms with van der Waals surface area (Å²) in [6.07, 6.45) is 2.58. The van der Waals surface area contributed by atoms with Crippen LogP contribution in [-0.2, 0) is 6.42 Å². The minimum Gasteiger partial charge on any atom is -0.346 e. The van der Waals surface area contributed by atoms with Crippen LogP contribution < -0.4 is 5.73 Å². The van der Waals surface area contributed by atoms with Crippen molar-refractivity contribution in [3.63, 3.8) is 0 Å². The van der Waals surface area contributed by atoms with Crippen LogP contribution in [-0.4, -0.2) is 9.97 Å². The Balaban J connectivity index is 2.07. The Kier molecular flexibility index (Phi) is 3.18. The van der Waals surface area contributed by atoms with E-state index in [0.29, 0.717) is 0 Å². The highest BCUT2D eigenvalue weighted by Crippen LogP contribution is 2.15. The van der Waals surface area contributed by atoms with Crippen molar-refractivity contribution in [1.29, 1.82) is 0 Å². The van der Waals surface area contributed by atoms with Crippen LogP contribution in [0.4, 0.5) is 0 Å². The molecule has 0 aliphatic carbocycles. The Bertz CT molecular complexity index is 424. The first-order valence-electron chi connectivity index (χ1n) is 4.76. The Morgan fingerprint density at radius 3 is 2.67 bits per heavy atom. The summed E-state index contributed by atoms with van der Waals surface area (Å²) in [5.74, 6) is 0.811. The van der Waals surface area contributed by atoms with E-state index in [1.54, 1.807) is 6.20 Å². The number of imidazole rings is 1. The normalized spacial score (nSPS) is 12.7. The van der Waals surface area contributed by atoms with Gasteiger partial charge in [0.05, 0.1) is 6.04 Å². The Hall–Kier alpha value is -1.13. The molecule has 2 rings (SSSR count). The summed E-state index contributed by atoms with van der Waals surface area (Å²) in [5, 5.41) is 0. The van der Waals surface area contributed by atoms with E-state index in [1.165, 1.54) is 5.56 Å². The monoisotopic (exact) mass is 265 g/mol. The molecule has 1 aromatic heterocycles. The van der Waals surface area contributed by atoms with Crippen LogP contribution in [0.2, 0.25) is 0 Å². The highest BCUT2D eigenvalue weighted by atomic mass is 79.9. The second kappa shape index (κ2) is 4.59. The largest absolute Gasteiger partial charge is 0.346 e. The minimum absolute atomic E-state index is 0.0845. The number of halogens is 1. The highest BCUT2D eigenvalue weighted by molar-refractivity contribution is 9.10. The van der Waals surface area contributed by atoms with Gasteiger partial charge in [0.2, 0.25) is 0 Å². The summed E-state index contributed by atoms with van der Waals surface area (Å²) in [6, 6.07) is 10.1. The van der Waals surface area contributed by atoms with Gasteiger partial charge in [0.15, 0.2) is 0 Å². The smallest absolute Gasteiger partial charge is 0.124 e. The third kappa shape index (κ3) is 2.67. The maximum absolute atomic E-state index is 6.03. The quantitative estimate of drug-likeness (QED) is 0.896. The van der Waals surface area contributed by atoms with Crippen molar-refractivity contribution in [2.75, 3.05) is 0 Å². The van der Waals surface area contributed by atoms with Crippen LogP contribution in [0, 0.1) is 0 Å². The number of nitrogens with zero attached hydrogens (tertiary/aromatic N) is 1. The van der Waals surface area contributed by atoms with Gasteiger partial charge in [-0.15, -0.1) is 0 Å². The number of hydrogen-bond donors (Lipinski definition) is 2. The van der Waals surface area contributed by atoms with Gasteiger partial charge >= 0.3 is 0 Å². The second-order valence-electron chi connectivity index (χ2n) is 3.40. The first kappa shape index (κ1) is 10.4. The van der Waals surface area contributed by atoms with Crippen molar-refractivity contribution >= 4 is 15.9 Å². The van der Waals surface area contributed by atoms with Gasteiger partial charge in [-0.1, -0.05) is 30.3 Å². The second-order valence-corrected chi connectivity index (χ2v) is 4.22. The molecule has 0 bridgehead atoms. The Labute approximate surface area is 96.9 Å². The number of rotatable bonds is 3. The van der Waals surface area contributed by atoms with Crippen LogP contribution in [0.15, 0.2) is 41.1 Å². The van der Waals surface area contributed by atoms with Gasteiger partial charge in [0.25, 0.3) is 0 Å². The van der Waals surface area contributed by atoms with Crippen LogP contribution >= 0.6 is 15.9 Å². The predicted octanol–water partition coefficient (Wildman–Crippen LogP) is 2.41. The van der Waals surface area contributed by atoms with Crippen molar-refractivity contribution in [3.8, 4) is 0 Å². The third-order valence-electron chi connectivity index (χ3n) is 2.22. The summed E-state index contributed by atoms with van der Waals surface area (Å²) in [4.78, 5) is 7.29. The summed E-state index contributed by atoms with van der Waals surface area (Å²) >= 11 is 3.29. The molecule has 3 N–H and O–H groups in total. The fourth-order valence-corrected chi connectivity index (χ4v) is 1.77. The van der Waals surface area contributed by atoms with E-state index in [0.717, 1.165) is 16.8 Å². The molecule has 0 aliphatic rings. The number of benzene rings is 1. The van der Waals surface area contributed by atoms with Crippen LogP contribution in [0.25, 0.3) is 0 Å². The molecule has 0 saturated carbocycles. The van der Waals surface area contributed by atoms with E-state index >= 15 is 0 Å². The molecule has 3 nitrogen and oxygen atoms in total. The molecule has 0 fully saturated rings. The van der Waals surface area contributed by atoms with Crippen molar-refractivity contribution in [2.24, 2.45) is 5.73 Å². The zero-order valence-electron chi connectivity index (χ0n) is 8.15. The van der Waals surface area contributed by atoms with Crippen molar-refractivity contribution in [2.45, 2.75) is 12.5 Å². The topological polar surface area (TPSA) is 54.7 Å². The molecule has 0 spiro atoms. The van der Waals surface area contributed by atoms with E-state index in [2.05, 4.69) is 38.0 Å². The van der Waals surface area contributed by atoms with Gasteiger partial charge in [-0.05, 0) is 27.9 Å². The molecule has 2 aromatic rings. The minimum atomic E-state index is -0.0845. The lowest BCUT2D eigenvalue weighted by Crippen LogP contribution is -2.14. The SMILES string of the molecule is NC(Cc1ccccc1)c1nc(Br)c[nH]1. The fraction of sp³-hybridized carbons (Fsp3) is 0.182. The van der Waals surface area contributed by atoms with E-state index in [1.807, 2.05) is 18.2 Å². The van der Waals surface area contributed by atoms with Gasteiger partial charge in [-0.25, -0.2) is 4.98 Å². The molecule has 0 amide bonds. The number of aromatic nitrogens is 2. The number of nitrogens with one attached hydrogen (secondary N) is 1. The number of hydrogen-bond acceptors (Lipinski definition) is 2. The molecule has 0 radical (unpaired) electrons.